The lowest BCUT2D eigenvalue weighted by molar-refractivity contribution is 0.304. The number of unbranched alkanes of at least 4 members (excludes halogenated alkanes) is 10. The predicted molar refractivity (Wildman–Crippen MR) is 143 cm³/mol. The Kier molecular flexibility index (Phi) is 12.2. The van der Waals surface area contributed by atoms with E-state index >= 15 is 0 Å². The van der Waals surface area contributed by atoms with Gasteiger partial charge in [0.05, 0.1) is 13.2 Å². The van der Waals surface area contributed by atoms with Crippen molar-refractivity contribution in [3.05, 3.63) is 48.5 Å². The van der Waals surface area contributed by atoms with Gasteiger partial charge in [0.25, 0.3) is 0 Å². The Morgan fingerprint density at radius 3 is 1.29 bits per heavy atom. The summed E-state index contributed by atoms with van der Waals surface area (Å²) < 4.78 is 17.7. The van der Waals surface area contributed by atoms with Gasteiger partial charge in [-0.1, -0.05) is 78.1 Å². The van der Waals surface area contributed by atoms with Crippen molar-refractivity contribution in [3.8, 4) is 34.4 Å². The highest BCUT2D eigenvalue weighted by Gasteiger charge is 2.11. The van der Waals surface area contributed by atoms with Crippen molar-refractivity contribution < 1.29 is 13.9 Å². The maximum Gasteiger partial charge on any atom is 0.248 e. The first-order chi connectivity index (χ1) is 17.3. The Morgan fingerprint density at radius 2 is 0.886 bits per heavy atom. The maximum atomic E-state index is 5.92. The lowest BCUT2D eigenvalue weighted by Crippen LogP contribution is -1.97. The van der Waals surface area contributed by atoms with Gasteiger partial charge in [-0.25, -0.2) is 0 Å². The Bertz CT molecular complexity index is 859. The van der Waals surface area contributed by atoms with E-state index in [1.54, 1.807) is 0 Å². The van der Waals surface area contributed by atoms with Gasteiger partial charge in [0.15, 0.2) is 0 Å². The van der Waals surface area contributed by atoms with Crippen LogP contribution in [0.5, 0.6) is 11.5 Å². The minimum absolute atomic E-state index is 0.505. The van der Waals surface area contributed by atoms with Crippen LogP contribution < -0.4 is 9.47 Å². The molecule has 0 saturated carbocycles. The van der Waals surface area contributed by atoms with Gasteiger partial charge in [0.1, 0.15) is 11.5 Å². The third-order valence-electron chi connectivity index (χ3n) is 6.16. The summed E-state index contributed by atoms with van der Waals surface area (Å²) in [5, 5.41) is 8.46. The van der Waals surface area contributed by atoms with E-state index in [-0.39, 0.29) is 0 Å². The standard InChI is InChI=1S/C30H42N2O3/c1-3-5-7-9-11-13-23-33-27-19-15-25(16-20-27)29-31-32-30(35-29)26-17-21-28(22-18-26)34-24-14-12-10-8-6-4-2/h15-22H,3-14,23-24H2,1-2H3. The molecule has 0 unspecified atom stereocenters. The first-order valence-corrected chi connectivity index (χ1v) is 13.6. The van der Waals surface area contributed by atoms with Crippen molar-refractivity contribution in [1.82, 2.24) is 10.2 Å². The van der Waals surface area contributed by atoms with E-state index in [1.807, 2.05) is 48.5 Å². The van der Waals surface area contributed by atoms with Gasteiger partial charge >= 0.3 is 0 Å². The molecule has 1 heterocycles. The SMILES string of the molecule is CCCCCCCCOc1ccc(-c2nnc(-c3ccc(OCCCCCCCC)cc3)o2)cc1. The van der Waals surface area contributed by atoms with E-state index in [0.717, 1.165) is 48.7 Å². The molecule has 0 bridgehead atoms. The summed E-state index contributed by atoms with van der Waals surface area (Å²) in [4.78, 5) is 0. The Balaban J connectivity index is 1.41. The van der Waals surface area contributed by atoms with E-state index in [2.05, 4.69) is 24.0 Å². The van der Waals surface area contributed by atoms with Gasteiger partial charge in [-0.3, -0.25) is 0 Å². The largest absolute Gasteiger partial charge is 0.494 e. The molecule has 5 nitrogen and oxygen atoms in total. The van der Waals surface area contributed by atoms with Gasteiger partial charge in [0, 0.05) is 11.1 Å². The second kappa shape index (κ2) is 16.0. The number of hydrogen-bond donors (Lipinski definition) is 0. The van der Waals surface area contributed by atoms with Crippen LogP contribution in [0.2, 0.25) is 0 Å². The van der Waals surface area contributed by atoms with E-state index in [1.165, 1.54) is 64.2 Å². The monoisotopic (exact) mass is 478 g/mol. The number of benzene rings is 2. The molecule has 0 aliphatic heterocycles. The van der Waals surface area contributed by atoms with Crippen molar-refractivity contribution >= 4 is 0 Å². The lowest BCUT2D eigenvalue weighted by atomic mass is 10.1. The van der Waals surface area contributed by atoms with Crippen LogP contribution in [0.25, 0.3) is 22.9 Å². The summed E-state index contributed by atoms with van der Waals surface area (Å²) in [6, 6.07) is 15.7. The first-order valence-electron chi connectivity index (χ1n) is 13.6. The van der Waals surface area contributed by atoms with Gasteiger partial charge < -0.3 is 13.9 Å². The third-order valence-corrected chi connectivity index (χ3v) is 6.16. The van der Waals surface area contributed by atoms with Gasteiger partial charge in [0.2, 0.25) is 11.8 Å². The van der Waals surface area contributed by atoms with E-state index in [4.69, 9.17) is 13.9 Å². The smallest absolute Gasteiger partial charge is 0.248 e. The van der Waals surface area contributed by atoms with Gasteiger partial charge in [-0.15, -0.1) is 10.2 Å². The molecule has 35 heavy (non-hydrogen) atoms. The fourth-order valence-electron chi connectivity index (χ4n) is 3.99. The van der Waals surface area contributed by atoms with Crippen LogP contribution in [-0.2, 0) is 0 Å². The average molecular weight is 479 g/mol. The zero-order valence-corrected chi connectivity index (χ0v) is 21.6. The summed E-state index contributed by atoms with van der Waals surface area (Å²) >= 11 is 0. The Hall–Kier alpha value is -2.82. The molecule has 190 valence electrons. The molecule has 0 fully saturated rings. The van der Waals surface area contributed by atoms with E-state index in [0.29, 0.717) is 11.8 Å². The number of rotatable bonds is 18. The maximum absolute atomic E-state index is 5.92. The van der Waals surface area contributed by atoms with Gasteiger partial charge in [-0.2, -0.15) is 0 Å². The first kappa shape index (κ1) is 26.8. The van der Waals surface area contributed by atoms with Crippen molar-refractivity contribution in [2.45, 2.75) is 90.9 Å². The molecule has 3 aromatic rings. The summed E-state index contributed by atoms with van der Waals surface area (Å²) in [7, 11) is 0. The van der Waals surface area contributed by atoms with Gasteiger partial charge in [-0.05, 0) is 61.4 Å². The normalized spacial score (nSPS) is 11.0. The fraction of sp³-hybridized carbons (Fsp3) is 0.533. The number of aromatic nitrogens is 2. The average Bonchev–Trinajstić information content (AvgIpc) is 3.39. The molecule has 0 saturated heterocycles. The molecule has 0 aliphatic rings. The summed E-state index contributed by atoms with van der Waals surface area (Å²) in [6.45, 7) is 6.00. The second-order valence-electron chi connectivity index (χ2n) is 9.19. The van der Waals surface area contributed by atoms with E-state index < -0.39 is 0 Å². The van der Waals surface area contributed by atoms with Crippen LogP contribution in [0.4, 0.5) is 0 Å². The molecule has 0 spiro atoms. The molecule has 0 radical (unpaired) electrons. The molecule has 0 atom stereocenters. The third kappa shape index (κ3) is 9.75. The summed E-state index contributed by atoms with van der Waals surface area (Å²) in [5.41, 5.74) is 1.77. The van der Waals surface area contributed by atoms with Crippen LogP contribution in [0.3, 0.4) is 0 Å². The van der Waals surface area contributed by atoms with Crippen LogP contribution in [0.1, 0.15) is 90.9 Å². The van der Waals surface area contributed by atoms with Crippen molar-refractivity contribution in [2.75, 3.05) is 13.2 Å². The molecule has 1 aromatic heterocycles. The molecule has 3 rings (SSSR count). The van der Waals surface area contributed by atoms with Crippen molar-refractivity contribution in [1.29, 1.82) is 0 Å². The highest BCUT2D eigenvalue weighted by atomic mass is 16.5. The zero-order valence-electron chi connectivity index (χ0n) is 21.6. The summed E-state index contributed by atoms with van der Waals surface area (Å²) in [5.74, 6) is 2.76. The molecule has 0 N–H and O–H groups in total. The lowest BCUT2D eigenvalue weighted by Gasteiger charge is -2.06. The van der Waals surface area contributed by atoms with Crippen LogP contribution >= 0.6 is 0 Å². The molecule has 0 aliphatic carbocycles. The number of nitrogens with zero attached hydrogens (tertiary/aromatic N) is 2. The minimum atomic E-state index is 0.505. The topological polar surface area (TPSA) is 57.4 Å². The zero-order chi connectivity index (χ0) is 24.6. The van der Waals surface area contributed by atoms with Crippen molar-refractivity contribution in [2.24, 2.45) is 0 Å². The van der Waals surface area contributed by atoms with Crippen LogP contribution in [0.15, 0.2) is 52.9 Å². The highest BCUT2D eigenvalue weighted by Crippen LogP contribution is 2.27. The van der Waals surface area contributed by atoms with E-state index in [9.17, 15) is 0 Å². The number of ether oxygens (including phenoxy) is 2. The molecular weight excluding hydrogens is 436 g/mol. The van der Waals surface area contributed by atoms with Crippen LogP contribution in [-0.4, -0.2) is 23.4 Å². The summed E-state index contributed by atoms with van der Waals surface area (Å²) in [6.07, 6.45) is 15.1. The molecule has 0 amide bonds. The van der Waals surface area contributed by atoms with Crippen LogP contribution in [0, 0.1) is 0 Å². The molecular formula is C30H42N2O3. The number of hydrogen-bond acceptors (Lipinski definition) is 5. The second-order valence-corrected chi connectivity index (χ2v) is 9.19. The molecule has 5 heteroatoms. The fourth-order valence-corrected chi connectivity index (χ4v) is 3.99. The highest BCUT2D eigenvalue weighted by molar-refractivity contribution is 5.59. The quantitative estimate of drug-likeness (QED) is 0.171. The Morgan fingerprint density at radius 1 is 0.514 bits per heavy atom. The Labute approximate surface area is 211 Å². The minimum Gasteiger partial charge on any atom is -0.494 e. The van der Waals surface area contributed by atoms with Crippen molar-refractivity contribution in [3.63, 3.8) is 0 Å². The predicted octanol–water partition coefficient (Wildman–Crippen LogP) is 8.88. The molecule has 2 aromatic carbocycles.